The predicted octanol–water partition coefficient (Wildman–Crippen LogP) is 1.90. The van der Waals surface area contributed by atoms with Crippen molar-refractivity contribution in [1.29, 1.82) is 0 Å². The lowest BCUT2D eigenvalue weighted by molar-refractivity contribution is -0.134. The van der Waals surface area contributed by atoms with Crippen molar-refractivity contribution in [2.45, 2.75) is 39.2 Å². The third-order valence-corrected chi connectivity index (χ3v) is 3.42. The van der Waals surface area contributed by atoms with E-state index >= 15 is 0 Å². The predicted molar refractivity (Wildman–Crippen MR) is 78.3 cm³/mol. The van der Waals surface area contributed by atoms with Gasteiger partial charge in [-0.3, -0.25) is 4.79 Å². The van der Waals surface area contributed by atoms with Crippen LogP contribution in [-0.2, 0) is 4.79 Å². The number of carbonyl (C=O) groups excluding carboxylic acids is 1. The normalized spacial score (nSPS) is 18.7. The molecule has 1 aromatic rings. The zero-order valence-corrected chi connectivity index (χ0v) is 12.9. The van der Waals surface area contributed by atoms with Crippen molar-refractivity contribution >= 4 is 5.91 Å². The molecule has 1 fully saturated rings. The monoisotopic (exact) mass is 293 g/mol. The van der Waals surface area contributed by atoms with Gasteiger partial charge in [0.25, 0.3) is 11.8 Å². The summed E-state index contributed by atoms with van der Waals surface area (Å²) in [7, 11) is 1.54. The van der Waals surface area contributed by atoms with Crippen LogP contribution in [0.25, 0.3) is 0 Å². The van der Waals surface area contributed by atoms with Crippen LogP contribution in [0.5, 0.6) is 11.8 Å². The number of ether oxygens (including phenoxy) is 2. The molecular weight excluding hydrogens is 270 g/mol. The topological polar surface area (TPSA) is 64.6 Å². The number of hydrogen-bond donors (Lipinski definition) is 0. The van der Waals surface area contributed by atoms with Gasteiger partial charge in [0.05, 0.1) is 13.7 Å². The molecular formula is C15H23N3O3. The molecule has 6 nitrogen and oxygen atoms in total. The average molecular weight is 293 g/mol. The zero-order valence-electron chi connectivity index (χ0n) is 12.9. The first-order chi connectivity index (χ1) is 10.1. The fourth-order valence-electron chi connectivity index (χ4n) is 2.43. The number of aromatic nitrogens is 2. The molecule has 1 saturated heterocycles. The number of carbonyl (C=O) groups is 1. The number of nitrogens with zero attached hydrogens (tertiary/aromatic N) is 3. The SMILES string of the molecule is COc1nccnc1OC1CCCN(C(=O)CC(C)C)C1. The van der Waals surface area contributed by atoms with Gasteiger partial charge in [-0.25, -0.2) is 9.97 Å². The lowest BCUT2D eigenvalue weighted by Crippen LogP contribution is -2.44. The maximum absolute atomic E-state index is 12.1. The van der Waals surface area contributed by atoms with Crippen LogP contribution in [0.2, 0.25) is 0 Å². The van der Waals surface area contributed by atoms with Crippen LogP contribution in [0.3, 0.4) is 0 Å². The third kappa shape index (κ3) is 4.31. The fraction of sp³-hybridized carbons (Fsp3) is 0.667. The molecule has 2 heterocycles. The molecule has 0 spiro atoms. The van der Waals surface area contributed by atoms with Crippen molar-refractivity contribution in [3.8, 4) is 11.8 Å². The van der Waals surface area contributed by atoms with Crippen LogP contribution < -0.4 is 9.47 Å². The Kier molecular flexibility index (Phi) is 5.36. The molecule has 1 unspecified atom stereocenters. The van der Waals surface area contributed by atoms with E-state index in [1.54, 1.807) is 12.4 Å². The van der Waals surface area contributed by atoms with Crippen LogP contribution in [0, 0.1) is 5.92 Å². The van der Waals surface area contributed by atoms with Gasteiger partial charge in [-0.1, -0.05) is 13.8 Å². The van der Waals surface area contributed by atoms with E-state index in [9.17, 15) is 4.79 Å². The minimum absolute atomic E-state index is 0.0551. The number of piperidine rings is 1. The summed E-state index contributed by atoms with van der Waals surface area (Å²) in [5.74, 6) is 1.34. The molecule has 1 amide bonds. The van der Waals surface area contributed by atoms with Gasteiger partial charge in [-0.15, -0.1) is 0 Å². The standard InChI is InChI=1S/C15H23N3O3/c1-11(2)9-13(19)18-8-4-5-12(10-18)21-15-14(20-3)16-6-7-17-15/h6-7,11-12H,4-5,8-10H2,1-3H3. The molecule has 21 heavy (non-hydrogen) atoms. The number of methoxy groups -OCH3 is 1. The molecule has 1 aromatic heterocycles. The summed E-state index contributed by atoms with van der Waals surface area (Å²) in [5.41, 5.74) is 0. The Labute approximate surface area is 125 Å². The summed E-state index contributed by atoms with van der Waals surface area (Å²) < 4.78 is 11.0. The maximum atomic E-state index is 12.1. The van der Waals surface area contributed by atoms with Gasteiger partial charge in [0.15, 0.2) is 0 Å². The third-order valence-electron chi connectivity index (χ3n) is 3.42. The largest absolute Gasteiger partial charge is 0.477 e. The van der Waals surface area contributed by atoms with Gasteiger partial charge in [0, 0.05) is 25.4 Å². The van der Waals surface area contributed by atoms with Crippen LogP contribution >= 0.6 is 0 Å². The van der Waals surface area contributed by atoms with E-state index < -0.39 is 0 Å². The highest BCUT2D eigenvalue weighted by atomic mass is 16.5. The van der Waals surface area contributed by atoms with Crippen molar-refractivity contribution in [3.63, 3.8) is 0 Å². The molecule has 1 atom stereocenters. The first-order valence-corrected chi connectivity index (χ1v) is 7.39. The highest BCUT2D eigenvalue weighted by Crippen LogP contribution is 2.24. The molecule has 0 saturated carbocycles. The number of hydrogen-bond acceptors (Lipinski definition) is 5. The molecule has 116 valence electrons. The van der Waals surface area contributed by atoms with E-state index in [-0.39, 0.29) is 12.0 Å². The Morgan fingerprint density at radius 3 is 2.76 bits per heavy atom. The van der Waals surface area contributed by atoms with Crippen molar-refractivity contribution in [1.82, 2.24) is 14.9 Å². The Morgan fingerprint density at radius 1 is 1.38 bits per heavy atom. The molecule has 0 aliphatic carbocycles. The second kappa shape index (κ2) is 7.24. The van der Waals surface area contributed by atoms with Gasteiger partial charge in [0.2, 0.25) is 5.91 Å². The van der Waals surface area contributed by atoms with Gasteiger partial charge in [0.1, 0.15) is 6.10 Å². The molecule has 0 bridgehead atoms. The molecule has 1 aliphatic heterocycles. The minimum Gasteiger partial charge on any atom is -0.477 e. The summed E-state index contributed by atoms with van der Waals surface area (Å²) in [4.78, 5) is 22.2. The Morgan fingerprint density at radius 2 is 2.10 bits per heavy atom. The Bertz CT molecular complexity index is 479. The van der Waals surface area contributed by atoms with Crippen molar-refractivity contribution in [2.24, 2.45) is 5.92 Å². The van der Waals surface area contributed by atoms with Crippen molar-refractivity contribution in [3.05, 3.63) is 12.4 Å². The highest BCUT2D eigenvalue weighted by Gasteiger charge is 2.26. The van der Waals surface area contributed by atoms with Crippen LogP contribution in [0.1, 0.15) is 33.1 Å². The number of amides is 1. The van der Waals surface area contributed by atoms with Gasteiger partial charge < -0.3 is 14.4 Å². The molecule has 0 N–H and O–H groups in total. The fourth-order valence-corrected chi connectivity index (χ4v) is 2.43. The Balaban J connectivity index is 1.96. The molecule has 0 radical (unpaired) electrons. The second-order valence-electron chi connectivity index (χ2n) is 5.69. The van der Waals surface area contributed by atoms with Crippen LogP contribution in [-0.4, -0.2) is 47.1 Å². The summed E-state index contributed by atoms with van der Waals surface area (Å²) in [6, 6.07) is 0. The minimum atomic E-state index is -0.0551. The lowest BCUT2D eigenvalue weighted by atomic mass is 10.1. The van der Waals surface area contributed by atoms with E-state index in [1.807, 2.05) is 4.90 Å². The molecule has 0 aromatic carbocycles. The first-order valence-electron chi connectivity index (χ1n) is 7.39. The number of likely N-dealkylation sites (tertiary alicyclic amines) is 1. The average Bonchev–Trinajstić information content (AvgIpc) is 2.47. The summed E-state index contributed by atoms with van der Waals surface area (Å²) in [6.07, 6.45) is 5.51. The molecule has 6 heteroatoms. The second-order valence-corrected chi connectivity index (χ2v) is 5.69. The van der Waals surface area contributed by atoms with Crippen molar-refractivity contribution in [2.75, 3.05) is 20.2 Å². The van der Waals surface area contributed by atoms with Gasteiger partial charge >= 0.3 is 0 Å². The first kappa shape index (κ1) is 15.5. The van der Waals surface area contributed by atoms with Gasteiger partial charge in [-0.2, -0.15) is 0 Å². The Hall–Kier alpha value is -1.85. The van der Waals surface area contributed by atoms with E-state index in [4.69, 9.17) is 9.47 Å². The van der Waals surface area contributed by atoms with E-state index in [0.717, 1.165) is 19.4 Å². The maximum Gasteiger partial charge on any atom is 0.278 e. The molecule has 1 aliphatic rings. The van der Waals surface area contributed by atoms with Crippen LogP contribution in [0.15, 0.2) is 12.4 Å². The lowest BCUT2D eigenvalue weighted by Gasteiger charge is -2.33. The van der Waals surface area contributed by atoms with E-state index in [1.165, 1.54) is 7.11 Å². The van der Waals surface area contributed by atoms with E-state index in [2.05, 4.69) is 23.8 Å². The van der Waals surface area contributed by atoms with Crippen LogP contribution in [0.4, 0.5) is 0 Å². The summed E-state index contributed by atoms with van der Waals surface area (Å²) >= 11 is 0. The smallest absolute Gasteiger partial charge is 0.278 e. The van der Waals surface area contributed by atoms with Crippen molar-refractivity contribution < 1.29 is 14.3 Å². The number of rotatable bonds is 5. The molecule has 2 rings (SSSR count). The quantitative estimate of drug-likeness (QED) is 0.829. The van der Waals surface area contributed by atoms with Gasteiger partial charge in [-0.05, 0) is 18.8 Å². The highest BCUT2D eigenvalue weighted by molar-refractivity contribution is 5.76. The summed E-state index contributed by atoms with van der Waals surface area (Å²) in [6.45, 7) is 5.52. The summed E-state index contributed by atoms with van der Waals surface area (Å²) in [5, 5.41) is 0. The zero-order chi connectivity index (χ0) is 15.2. The van der Waals surface area contributed by atoms with E-state index in [0.29, 0.717) is 30.6 Å².